The quantitative estimate of drug-likeness (QED) is 0.703. The predicted molar refractivity (Wildman–Crippen MR) is 88.1 cm³/mol. The van der Waals surface area contributed by atoms with E-state index in [1.165, 1.54) is 12.1 Å². The zero-order valence-corrected chi connectivity index (χ0v) is 14.7. The maximum atomic E-state index is 12.9. The summed E-state index contributed by atoms with van der Waals surface area (Å²) in [4.78, 5) is 12.1. The SMILES string of the molecule is CC(C)(C)OC(=O)CC(CCc1ccc(F)cc1)C(C)(C)C. The molecule has 0 saturated heterocycles. The molecule has 0 saturated carbocycles. The van der Waals surface area contributed by atoms with Crippen molar-refractivity contribution in [2.24, 2.45) is 11.3 Å². The van der Waals surface area contributed by atoms with Gasteiger partial charge in [0.1, 0.15) is 11.4 Å². The third-order valence-corrected chi connectivity index (χ3v) is 3.75. The Morgan fingerprint density at radius 3 is 2.09 bits per heavy atom. The summed E-state index contributed by atoms with van der Waals surface area (Å²) in [6, 6.07) is 6.58. The molecule has 1 aromatic carbocycles. The van der Waals surface area contributed by atoms with Gasteiger partial charge >= 0.3 is 5.97 Å². The number of esters is 1. The summed E-state index contributed by atoms with van der Waals surface area (Å²) in [6.45, 7) is 12.1. The lowest BCUT2D eigenvalue weighted by molar-refractivity contribution is -0.157. The largest absolute Gasteiger partial charge is 0.460 e. The van der Waals surface area contributed by atoms with Gasteiger partial charge in [0.05, 0.1) is 0 Å². The van der Waals surface area contributed by atoms with Crippen LogP contribution in [0.25, 0.3) is 0 Å². The second kappa shape index (κ2) is 7.26. The van der Waals surface area contributed by atoms with Gasteiger partial charge in [0, 0.05) is 6.42 Å². The van der Waals surface area contributed by atoms with E-state index in [0.29, 0.717) is 6.42 Å². The maximum Gasteiger partial charge on any atom is 0.306 e. The zero-order valence-electron chi connectivity index (χ0n) is 14.7. The van der Waals surface area contributed by atoms with E-state index in [1.54, 1.807) is 0 Å². The van der Waals surface area contributed by atoms with Gasteiger partial charge in [-0.2, -0.15) is 0 Å². The van der Waals surface area contributed by atoms with Gasteiger partial charge in [-0.1, -0.05) is 32.9 Å². The van der Waals surface area contributed by atoms with E-state index in [2.05, 4.69) is 20.8 Å². The van der Waals surface area contributed by atoms with Crippen LogP contribution in [0.1, 0.15) is 59.9 Å². The van der Waals surface area contributed by atoms with Gasteiger partial charge in [-0.25, -0.2) is 4.39 Å². The molecule has 0 fully saturated rings. The lowest BCUT2D eigenvalue weighted by Crippen LogP contribution is -2.29. The minimum Gasteiger partial charge on any atom is -0.460 e. The molecule has 0 radical (unpaired) electrons. The van der Waals surface area contributed by atoms with E-state index in [0.717, 1.165) is 18.4 Å². The first-order valence-corrected chi connectivity index (χ1v) is 7.94. The van der Waals surface area contributed by atoms with Crippen LogP contribution in [0.5, 0.6) is 0 Å². The number of hydrogen-bond donors (Lipinski definition) is 0. The van der Waals surface area contributed by atoms with E-state index >= 15 is 0 Å². The van der Waals surface area contributed by atoms with Crippen molar-refractivity contribution >= 4 is 5.97 Å². The number of rotatable bonds is 5. The number of aryl methyl sites for hydroxylation is 1. The second-order valence-electron chi connectivity index (χ2n) is 8.02. The van der Waals surface area contributed by atoms with E-state index in [4.69, 9.17) is 4.74 Å². The van der Waals surface area contributed by atoms with Crippen LogP contribution in [0.3, 0.4) is 0 Å². The molecule has 0 aliphatic carbocycles. The van der Waals surface area contributed by atoms with E-state index in [1.807, 2.05) is 32.9 Å². The van der Waals surface area contributed by atoms with Crippen LogP contribution >= 0.6 is 0 Å². The molecule has 0 aliphatic heterocycles. The van der Waals surface area contributed by atoms with E-state index < -0.39 is 5.60 Å². The monoisotopic (exact) mass is 308 g/mol. The third kappa shape index (κ3) is 7.06. The summed E-state index contributed by atoms with van der Waals surface area (Å²) < 4.78 is 18.4. The van der Waals surface area contributed by atoms with Crippen molar-refractivity contribution in [3.63, 3.8) is 0 Å². The smallest absolute Gasteiger partial charge is 0.306 e. The third-order valence-electron chi connectivity index (χ3n) is 3.75. The van der Waals surface area contributed by atoms with Crippen LogP contribution in [0.4, 0.5) is 4.39 Å². The average molecular weight is 308 g/mol. The van der Waals surface area contributed by atoms with Crippen LogP contribution in [-0.4, -0.2) is 11.6 Å². The maximum absolute atomic E-state index is 12.9. The number of halogens is 1. The topological polar surface area (TPSA) is 26.3 Å². The van der Waals surface area contributed by atoms with Gasteiger partial charge in [-0.05, 0) is 62.6 Å². The van der Waals surface area contributed by atoms with E-state index in [9.17, 15) is 9.18 Å². The summed E-state index contributed by atoms with van der Waals surface area (Å²) in [7, 11) is 0. The molecule has 1 rings (SSSR count). The number of hydrogen-bond acceptors (Lipinski definition) is 2. The molecule has 0 aromatic heterocycles. The highest BCUT2D eigenvalue weighted by Crippen LogP contribution is 2.33. The highest BCUT2D eigenvalue weighted by atomic mass is 19.1. The van der Waals surface area contributed by atoms with Crippen LogP contribution in [0.2, 0.25) is 0 Å². The van der Waals surface area contributed by atoms with Crippen LogP contribution in [0.15, 0.2) is 24.3 Å². The second-order valence-corrected chi connectivity index (χ2v) is 8.02. The highest BCUT2D eigenvalue weighted by molar-refractivity contribution is 5.70. The normalized spacial score (nSPS) is 13.8. The van der Waals surface area contributed by atoms with Crippen LogP contribution in [-0.2, 0) is 16.0 Å². The minimum atomic E-state index is -0.448. The Labute approximate surface area is 134 Å². The molecular formula is C19H29FO2. The van der Waals surface area contributed by atoms with Gasteiger partial charge in [-0.15, -0.1) is 0 Å². The molecule has 0 spiro atoms. The van der Waals surface area contributed by atoms with Crippen LogP contribution in [0, 0.1) is 17.2 Å². The molecule has 0 aliphatic rings. The van der Waals surface area contributed by atoms with Crippen LogP contribution < -0.4 is 0 Å². The fraction of sp³-hybridized carbons (Fsp3) is 0.632. The van der Waals surface area contributed by atoms with E-state index in [-0.39, 0.29) is 23.1 Å². The molecule has 0 amide bonds. The molecule has 2 nitrogen and oxygen atoms in total. The van der Waals surface area contributed by atoms with Gasteiger partial charge in [0.15, 0.2) is 0 Å². The van der Waals surface area contributed by atoms with Crippen molar-refractivity contribution in [2.45, 2.75) is 66.4 Å². The average Bonchev–Trinajstić information content (AvgIpc) is 2.32. The van der Waals surface area contributed by atoms with Gasteiger partial charge in [0.25, 0.3) is 0 Å². The molecule has 22 heavy (non-hydrogen) atoms. The molecule has 1 aromatic rings. The first-order valence-electron chi connectivity index (χ1n) is 7.94. The molecule has 0 heterocycles. The Hall–Kier alpha value is -1.38. The molecule has 1 unspecified atom stereocenters. The fourth-order valence-electron chi connectivity index (χ4n) is 2.42. The van der Waals surface area contributed by atoms with Crippen molar-refractivity contribution in [1.29, 1.82) is 0 Å². The Bertz CT molecular complexity index is 478. The number of ether oxygens (including phenoxy) is 1. The Balaban J connectivity index is 2.65. The predicted octanol–water partition coefficient (Wildman–Crippen LogP) is 5.15. The highest BCUT2D eigenvalue weighted by Gasteiger charge is 2.28. The number of carbonyl (C=O) groups excluding carboxylic acids is 1. The summed E-state index contributed by atoms with van der Waals surface area (Å²) >= 11 is 0. The Morgan fingerprint density at radius 2 is 1.64 bits per heavy atom. The first kappa shape index (κ1) is 18.7. The summed E-state index contributed by atoms with van der Waals surface area (Å²) in [6.07, 6.45) is 2.14. The zero-order chi connectivity index (χ0) is 17.0. The fourth-order valence-corrected chi connectivity index (χ4v) is 2.42. The molecule has 0 bridgehead atoms. The summed E-state index contributed by atoms with van der Waals surface area (Å²) in [5, 5.41) is 0. The van der Waals surface area contributed by atoms with Gasteiger partial charge in [-0.3, -0.25) is 4.79 Å². The molecule has 1 atom stereocenters. The van der Waals surface area contributed by atoms with Crippen molar-refractivity contribution < 1.29 is 13.9 Å². The summed E-state index contributed by atoms with van der Waals surface area (Å²) in [5.74, 6) is -0.135. The Kier molecular flexibility index (Phi) is 6.16. The van der Waals surface area contributed by atoms with Gasteiger partial charge < -0.3 is 4.74 Å². The molecule has 3 heteroatoms. The standard InChI is InChI=1S/C19H29FO2/c1-18(2,3)15(13-17(21)22-19(4,5)6)10-7-14-8-11-16(20)12-9-14/h8-9,11-12,15H,7,10,13H2,1-6H3. The molecule has 0 N–H and O–H groups in total. The van der Waals surface area contributed by atoms with Crippen molar-refractivity contribution in [3.05, 3.63) is 35.6 Å². The lowest BCUT2D eigenvalue weighted by Gasteiger charge is -2.31. The number of benzene rings is 1. The molecular weight excluding hydrogens is 279 g/mol. The Morgan fingerprint density at radius 1 is 1.09 bits per heavy atom. The number of carbonyl (C=O) groups is 1. The lowest BCUT2D eigenvalue weighted by atomic mass is 9.75. The molecule has 124 valence electrons. The van der Waals surface area contributed by atoms with Crippen molar-refractivity contribution in [3.8, 4) is 0 Å². The van der Waals surface area contributed by atoms with Crippen molar-refractivity contribution in [1.82, 2.24) is 0 Å². The van der Waals surface area contributed by atoms with Gasteiger partial charge in [0.2, 0.25) is 0 Å². The minimum absolute atomic E-state index is 0.0247. The first-order chi connectivity index (χ1) is 9.97. The summed E-state index contributed by atoms with van der Waals surface area (Å²) in [5.41, 5.74) is 0.674. The van der Waals surface area contributed by atoms with Crippen molar-refractivity contribution in [2.75, 3.05) is 0 Å².